The van der Waals surface area contributed by atoms with E-state index >= 15 is 0 Å². The van der Waals surface area contributed by atoms with Crippen molar-refractivity contribution >= 4 is 18.0 Å². The number of hydrogen-bond donors (Lipinski definition) is 2. The maximum Gasteiger partial charge on any atom is 0.319 e. The molecule has 0 atom stereocenters. The Morgan fingerprint density at radius 3 is 2.70 bits per heavy atom. The Morgan fingerprint density at radius 1 is 1.20 bits per heavy atom. The highest BCUT2D eigenvalue weighted by Crippen LogP contribution is 2.35. The molecule has 0 saturated heterocycles. The topological polar surface area (TPSA) is 71.3 Å². The van der Waals surface area contributed by atoms with E-state index in [1.807, 2.05) is 32.0 Å². The van der Waals surface area contributed by atoms with Crippen LogP contribution in [-0.2, 0) is 5.54 Å². The molecule has 2 amide bonds. The summed E-state index contributed by atoms with van der Waals surface area (Å²) in [6, 6.07) is 8.83. The van der Waals surface area contributed by atoms with Crippen LogP contribution in [0.5, 0.6) is 0 Å². The molecule has 0 fully saturated rings. The average molecular weight is 270 g/mol. The number of furan rings is 1. The fraction of sp³-hybridized carbons (Fsp3) is 0.200. The van der Waals surface area contributed by atoms with Crippen LogP contribution in [0, 0.1) is 0 Å². The normalized spacial score (nSPS) is 16.0. The summed E-state index contributed by atoms with van der Waals surface area (Å²) in [6.07, 6.45) is 0.674. The first kappa shape index (κ1) is 12.5. The van der Waals surface area contributed by atoms with Crippen LogP contribution < -0.4 is 10.6 Å². The smallest absolute Gasteiger partial charge is 0.319 e. The predicted molar refractivity (Wildman–Crippen MR) is 74.7 cm³/mol. The zero-order chi connectivity index (χ0) is 14.3. The second-order valence-corrected chi connectivity index (χ2v) is 5.28. The van der Waals surface area contributed by atoms with Gasteiger partial charge in [-0.25, -0.2) is 4.79 Å². The van der Waals surface area contributed by atoms with E-state index in [0.717, 1.165) is 16.8 Å². The van der Waals surface area contributed by atoms with Crippen LogP contribution in [0.3, 0.4) is 0 Å². The third kappa shape index (κ3) is 1.97. The SMILES string of the molecule is CC1(C)NC(=O)Nc2ccc(-c3ccc(C=O)o3)cc21. The third-order valence-corrected chi connectivity index (χ3v) is 3.39. The van der Waals surface area contributed by atoms with Crippen molar-refractivity contribution in [3.63, 3.8) is 0 Å². The van der Waals surface area contributed by atoms with Crippen LogP contribution in [0.4, 0.5) is 10.5 Å². The summed E-state index contributed by atoms with van der Waals surface area (Å²) >= 11 is 0. The number of fused-ring (bicyclic) bond motifs is 1. The van der Waals surface area contributed by atoms with Crippen LogP contribution in [0.1, 0.15) is 30.0 Å². The van der Waals surface area contributed by atoms with Gasteiger partial charge in [-0.15, -0.1) is 0 Å². The minimum Gasteiger partial charge on any atom is -0.453 e. The molecule has 20 heavy (non-hydrogen) atoms. The molecule has 102 valence electrons. The van der Waals surface area contributed by atoms with Gasteiger partial charge in [0, 0.05) is 16.8 Å². The Balaban J connectivity index is 2.08. The number of rotatable bonds is 2. The summed E-state index contributed by atoms with van der Waals surface area (Å²) in [5.74, 6) is 0.922. The molecule has 1 aromatic heterocycles. The fourth-order valence-corrected chi connectivity index (χ4v) is 2.40. The van der Waals surface area contributed by atoms with Crippen molar-refractivity contribution in [2.45, 2.75) is 19.4 Å². The van der Waals surface area contributed by atoms with Crippen molar-refractivity contribution in [3.05, 3.63) is 41.7 Å². The van der Waals surface area contributed by atoms with Crippen molar-refractivity contribution in [2.75, 3.05) is 5.32 Å². The summed E-state index contributed by atoms with van der Waals surface area (Å²) in [4.78, 5) is 22.2. The predicted octanol–water partition coefficient (Wildman–Crippen LogP) is 3.13. The maximum atomic E-state index is 11.6. The second kappa shape index (κ2) is 4.23. The summed E-state index contributed by atoms with van der Waals surface area (Å²) in [7, 11) is 0. The Labute approximate surface area is 116 Å². The zero-order valence-electron chi connectivity index (χ0n) is 11.2. The summed E-state index contributed by atoms with van der Waals surface area (Å²) in [5, 5.41) is 5.64. The number of nitrogens with one attached hydrogen (secondary N) is 2. The monoisotopic (exact) mass is 270 g/mol. The quantitative estimate of drug-likeness (QED) is 0.823. The number of carbonyl (C=O) groups is 2. The van der Waals surface area contributed by atoms with E-state index < -0.39 is 5.54 Å². The number of anilines is 1. The Bertz CT molecular complexity index is 701. The summed E-state index contributed by atoms with van der Waals surface area (Å²) in [6.45, 7) is 3.88. The highest BCUT2D eigenvalue weighted by molar-refractivity contribution is 5.94. The first-order valence-electron chi connectivity index (χ1n) is 6.29. The van der Waals surface area contributed by atoms with Crippen LogP contribution >= 0.6 is 0 Å². The number of aldehydes is 1. The van der Waals surface area contributed by atoms with E-state index in [-0.39, 0.29) is 6.03 Å². The Morgan fingerprint density at radius 2 is 2.00 bits per heavy atom. The number of urea groups is 1. The van der Waals surface area contributed by atoms with Crippen LogP contribution in [-0.4, -0.2) is 12.3 Å². The zero-order valence-corrected chi connectivity index (χ0v) is 11.2. The van der Waals surface area contributed by atoms with Gasteiger partial charge < -0.3 is 15.1 Å². The van der Waals surface area contributed by atoms with E-state index in [9.17, 15) is 9.59 Å². The lowest BCUT2D eigenvalue weighted by molar-refractivity contribution is 0.110. The Hall–Kier alpha value is -2.56. The lowest BCUT2D eigenvalue weighted by Gasteiger charge is -2.34. The molecule has 2 N–H and O–H groups in total. The first-order valence-corrected chi connectivity index (χ1v) is 6.29. The highest BCUT2D eigenvalue weighted by Gasteiger charge is 2.31. The lowest BCUT2D eigenvalue weighted by atomic mass is 9.89. The molecular formula is C15H14N2O3. The minimum absolute atomic E-state index is 0.212. The summed E-state index contributed by atoms with van der Waals surface area (Å²) in [5.41, 5.74) is 2.15. The molecule has 0 aliphatic carbocycles. The van der Waals surface area contributed by atoms with Crippen molar-refractivity contribution in [1.82, 2.24) is 5.32 Å². The lowest BCUT2D eigenvalue weighted by Crippen LogP contribution is -2.47. The molecule has 1 aliphatic rings. The first-order chi connectivity index (χ1) is 9.49. The van der Waals surface area contributed by atoms with Gasteiger partial charge in [0.2, 0.25) is 0 Å². The standard InChI is InChI=1S/C15H14N2O3/c1-15(2)11-7-9(13-6-4-10(8-18)20-13)3-5-12(11)16-14(19)17-15/h3-8H,1-2H3,(H2,16,17,19). The van der Waals surface area contributed by atoms with E-state index in [0.29, 0.717) is 17.8 Å². The van der Waals surface area contributed by atoms with Crippen molar-refractivity contribution in [1.29, 1.82) is 0 Å². The third-order valence-electron chi connectivity index (χ3n) is 3.39. The van der Waals surface area contributed by atoms with E-state index in [1.165, 1.54) is 0 Å². The van der Waals surface area contributed by atoms with Crippen molar-refractivity contribution in [3.8, 4) is 11.3 Å². The maximum absolute atomic E-state index is 11.6. The molecule has 5 heteroatoms. The molecule has 1 aromatic carbocycles. The van der Waals surface area contributed by atoms with Crippen molar-refractivity contribution < 1.29 is 14.0 Å². The molecule has 2 aromatic rings. The average Bonchev–Trinajstić information content (AvgIpc) is 2.86. The van der Waals surface area contributed by atoms with E-state index in [1.54, 1.807) is 12.1 Å². The van der Waals surface area contributed by atoms with Gasteiger partial charge in [-0.05, 0) is 44.2 Å². The molecule has 0 spiro atoms. The van der Waals surface area contributed by atoms with Gasteiger partial charge in [0.1, 0.15) is 5.76 Å². The van der Waals surface area contributed by atoms with Gasteiger partial charge in [0.25, 0.3) is 0 Å². The van der Waals surface area contributed by atoms with Gasteiger partial charge >= 0.3 is 6.03 Å². The van der Waals surface area contributed by atoms with Gasteiger partial charge in [-0.3, -0.25) is 4.79 Å². The van der Waals surface area contributed by atoms with Gasteiger partial charge in [0.15, 0.2) is 12.0 Å². The molecule has 3 rings (SSSR count). The van der Waals surface area contributed by atoms with Crippen LogP contribution in [0.2, 0.25) is 0 Å². The molecule has 5 nitrogen and oxygen atoms in total. The molecule has 1 aliphatic heterocycles. The largest absolute Gasteiger partial charge is 0.453 e. The van der Waals surface area contributed by atoms with Gasteiger partial charge in [0.05, 0.1) is 5.54 Å². The van der Waals surface area contributed by atoms with Crippen LogP contribution in [0.25, 0.3) is 11.3 Å². The molecule has 0 radical (unpaired) electrons. The Kier molecular flexibility index (Phi) is 2.64. The molecular weight excluding hydrogens is 256 g/mol. The van der Waals surface area contributed by atoms with Crippen molar-refractivity contribution in [2.24, 2.45) is 0 Å². The fourth-order valence-electron chi connectivity index (χ4n) is 2.40. The number of amides is 2. The number of benzene rings is 1. The van der Waals surface area contributed by atoms with Crippen LogP contribution in [0.15, 0.2) is 34.7 Å². The molecule has 0 bridgehead atoms. The number of hydrogen-bond acceptors (Lipinski definition) is 3. The van der Waals surface area contributed by atoms with E-state index in [4.69, 9.17) is 4.42 Å². The second-order valence-electron chi connectivity index (χ2n) is 5.28. The number of carbonyl (C=O) groups excluding carboxylic acids is 2. The molecule has 2 heterocycles. The van der Waals surface area contributed by atoms with Gasteiger partial charge in [-0.2, -0.15) is 0 Å². The minimum atomic E-state index is -0.465. The van der Waals surface area contributed by atoms with E-state index in [2.05, 4.69) is 10.6 Å². The highest BCUT2D eigenvalue weighted by atomic mass is 16.3. The molecule has 0 saturated carbocycles. The molecule has 0 unspecified atom stereocenters. The summed E-state index contributed by atoms with van der Waals surface area (Å²) < 4.78 is 5.42. The van der Waals surface area contributed by atoms with Gasteiger partial charge in [-0.1, -0.05) is 0 Å².